The van der Waals surface area contributed by atoms with Gasteiger partial charge in [0.25, 0.3) is 0 Å². The first kappa shape index (κ1) is 15.9. The Labute approximate surface area is 129 Å². The van der Waals surface area contributed by atoms with Crippen LogP contribution in [0.5, 0.6) is 5.75 Å². The normalized spacial score (nSPS) is 11.6. The van der Waals surface area contributed by atoms with Crippen molar-refractivity contribution in [2.24, 2.45) is 0 Å². The lowest BCUT2D eigenvalue weighted by molar-refractivity contribution is 0.340. The van der Waals surface area contributed by atoms with Crippen molar-refractivity contribution in [3.8, 4) is 5.75 Å². The topological polar surface area (TPSA) is 68.3 Å². The van der Waals surface area contributed by atoms with Crippen molar-refractivity contribution in [2.45, 2.75) is 32.2 Å². The van der Waals surface area contributed by atoms with E-state index in [1.54, 1.807) is 12.1 Å². The van der Waals surface area contributed by atoms with Gasteiger partial charge >= 0.3 is 0 Å². The van der Waals surface area contributed by atoms with E-state index in [4.69, 9.17) is 4.74 Å². The summed E-state index contributed by atoms with van der Waals surface area (Å²) in [5, 5.41) is 0.763. The zero-order valence-electron chi connectivity index (χ0n) is 12.2. The van der Waals surface area contributed by atoms with Gasteiger partial charge in [0.1, 0.15) is 10.8 Å². The molecule has 1 aromatic heterocycles. The Morgan fingerprint density at radius 3 is 2.43 bits per heavy atom. The van der Waals surface area contributed by atoms with Gasteiger partial charge in [0.05, 0.1) is 23.7 Å². The highest BCUT2D eigenvalue weighted by Crippen LogP contribution is 2.18. The Morgan fingerprint density at radius 1 is 1.24 bits per heavy atom. The lowest BCUT2D eigenvalue weighted by Gasteiger charge is -2.07. The molecule has 0 aliphatic rings. The zero-order valence-corrected chi connectivity index (χ0v) is 13.8. The minimum Gasteiger partial charge on any atom is -0.494 e. The number of hydrogen-bond donors (Lipinski definition) is 1. The highest BCUT2D eigenvalue weighted by molar-refractivity contribution is 7.89. The van der Waals surface area contributed by atoms with E-state index in [0.29, 0.717) is 12.4 Å². The minimum atomic E-state index is -3.53. The smallest absolute Gasteiger partial charge is 0.240 e. The molecule has 1 N–H and O–H groups in total. The van der Waals surface area contributed by atoms with E-state index in [2.05, 4.69) is 9.71 Å². The third-order valence-electron chi connectivity index (χ3n) is 2.93. The largest absolute Gasteiger partial charge is 0.494 e. The number of sulfonamides is 1. The summed E-state index contributed by atoms with van der Waals surface area (Å²) in [5.74, 6) is 0.655. The van der Waals surface area contributed by atoms with Crippen molar-refractivity contribution in [3.05, 3.63) is 39.8 Å². The van der Waals surface area contributed by atoms with Gasteiger partial charge in [-0.2, -0.15) is 0 Å². The lowest BCUT2D eigenvalue weighted by Crippen LogP contribution is -2.23. The van der Waals surface area contributed by atoms with E-state index in [9.17, 15) is 8.42 Å². The molecule has 0 spiro atoms. The molecule has 0 saturated carbocycles. The van der Waals surface area contributed by atoms with Crippen molar-refractivity contribution in [2.75, 3.05) is 6.61 Å². The first-order valence-electron chi connectivity index (χ1n) is 6.58. The predicted octanol–water partition coefficient (Wildman–Crippen LogP) is 2.64. The van der Waals surface area contributed by atoms with Crippen molar-refractivity contribution in [1.82, 2.24) is 9.71 Å². The van der Waals surface area contributed by atoms with E-state index < -0.39 is 10.0 Å². The standard InChI is InChI=1S/C14H18N2O3S2/c1-4-19-12-5-7-13(8-6-12)21(17,18)15-9-14-16-10(2)11(3)20-14/h5-8,15H,4,9H2,1-3H3. The first-order valence-corrected chi connectivity index (χ1v) is 8.88. The van der Waals surface area contributed by atoms with Crippen molar-refractivity contribution in [1.29, 1.82) is 0 Å². The first-order chi connectivity index (χ1) is 9.92. The number of ether oxygens (including phenoxy) is 1. The van der Waals surface area contributed by atoms with E-state index in [1.165, 1.54) is 23.5 Å². The number of benzene rings is 1. The number of hydrogen-bond acceptors (Lipinski definition) is 5. The molecule has 0 unspecified atom stereocenters. The fourth-order valence-electron chi connectivity index (χ4n) is 1.74. The number of rotatable bonds is 6. The second kappa shape index (κ2) is 6.55. The Morgan fingerprint density at radius 2 is 1.90 bits per heavy atom. The zero-order chi connectivity index (χ0) is 15.5. The summed E-state index contributed by atoms with van der Waals surface area (Å²) >= 11 is 1.50. The molecule has 5 nitrogen and oxygen atoms in total. The highest BCUT2D eigenvalue weighted by Gasteiger charge is 2.15. The number of nitrogens with one attached hydrogen (secondary N) is 1. The lowest BCUT2D eigenvalue weighted by atomic mass is 10.3. The van der Waals surface area contributed by atoms with E-state index >= 15 is 0 Å². The Kier molecular flexibility index (Phi) is 4.97. The van der Waals surface area contributed by atoms with Crippen LogP contribution >= 0.6 is 11.3 Å². The monoisotopic (exact) mass is 326 g/mol. The molecular formula is C14H18N2O3S2. The molecular weight excluding hydrogens is 308 g/mol. The average molecular weight is 326 g/mol. The van der Waals surface area contributed by atoms with Crippen LogP contribution in [-0.2, 0) is 16.6 Å². The van der Waals surface area contributed by atoms with Crippen LogP contribution in [0.3, 0.4) is 0 Å². The minimum absolute atomic E-state index is 0.203. The Balaban J connectivity index is 2.07. The van der Waals surface area contributed by atoms with E-state index in [1.807, 2.05) is 20.8 Å². The highest BCUT2D eigenvalue weighted by atomic mass is 32.2. The number of aryl methyl sites for hydroxylation is 2. The SMILES string of the molecule is CCOc1ccc(S(=O)(=O)NCc2nc(C)c(C)s2)cc1. The number of thiazole rings is 1. The molecule has 114 valence electrons. The molecule has 0 aliphatic heterocycles. The van der Waals surface area contributed by atoms with Gasteiger partial charge in [-0.1, -0.05) is 0 Å². The second-order valence-corrected chi connectivity index (χ2v) is 7.53. The average Bonchev–Trinajstić information content (AvgIpc) is 2.77. The Bertz CT molecular complexity index is 687. The molecule has 0 bridgehead atoms. The molecule has 21 heavy (non-hydrogen) atoms. The molecule has 0 aliphatic carbocycles. The van der Waals surface area contributed by atoms with Crippen LogP contribution in [-0.4, -0.2) is 20.0 Å². The third-order valence-corrected chi connectivity index (χ3v) is 5.42. The van der Waals surface area contributed by atoms with Crippen molar-refractivity contribution in [3.63, 3.8) is 0 Å². The van der Waals surface area contributed by atoms with E-state index in [0.717, 1.165) is 15.6 Å². The van der Waals surface area contributed by atoms with Crippen LogP contribution < -0.4 is 9.46 Å². The van der Waals surface area contributed by atoms with Gasteiger partial charge in [-0.15, -0.1) is 11.3 Å². The van der Waals surface area contributed by atoms with Crippen molar-refractivity contribution < 1.29 is 13.2 Å². The Hall–Kier alpha value is -1.44. The van der Waals surface area contributed by atoms with Gasteiger partial charge in [0, 0.05) is 4.88 Å². The molecule has 2 rings (SSSR count). The molecule has 1 heterocycles. The van der Waals surface area contributed by atoms with Gasteiger partial charge < -0.3 is 4.74 Å². The summed E-state index contributed by atoms with van der Waals surface area (Å²) in [6, 6.07) is 6.36. The quantitative estimate of drug-likeness (QED) is 0.886. The summed E-state index contributed by atoms with van der Waals surface area (Å²) in [5.41, 5.74) is 0.940. The molecule has 0 amide bonds. The predicted molar refractivity (Wildman–Crippen MR) is 83.2 cm³/mol. The maximum absolute atomic E-state index is 12.2. The van der Waals surface area contributed by atoms with Crippen LogP contribution in [0.4, 0.5) is 0 Å². The van der Waals surface area contributed by atoms with Gasteiger partial charge in [-0.25, -0.2) is 18.1 Å². The number of aromatic nitrogens is 1. The summed E-state index contributed by atoms with van der Waals surface area (Å²) in [4.78, 5) is 5.64. The van der Waals surface area contributed by atoms with Gasteiger partial charge in [-0.05, 0) is 45.0 Å². The van der Waals surface area contributed by atoms with Crippen LogP contribution in [0.1, 0.15) is 22.5 Å². The summed E-state index contributed by atoms with van der Waals surface area (Å²) in [6.07, 6.45) is 0. The van der Waals surface area contributed by atoms with Crippen LogP contribution in [0.2, 0.25) is 0 Å². The molecule has 0 atom stereocenters. The molecule has 0 saturated heterocycles. The van der Waals surface area contributed by atoms with Crippen molar-refractivity contribution >= 4 is 21.4 Å². The molecule has 2 aromatic rings. The molecule has 1 aromatic carbocycles. The fourth-order valence-corrected chi connectivity index (χ4v) is 3.69. The van der Waals surface area contributed by atoms with Gasteiger partial charge in [0.2, 0.25) is 10.0 Å². The van der Waals surface area contributed by atoms with Crippen LogP contribution in [0.15, 0.2) is 29.2 Å². The summed E-state index contributed by atoms with van der Waals surface area (Å²) in [7, 11) is -3.53. The molecule has 0 fully saturated rings. The van der Waals surface area contributed by atoms with Crippen LogP contribution in [0.25, 0.3) is 0 Å². The van der Waals surface area contributed by atoms with Gasteiger partial charge in [0.15, 0.2) is 0 Å². The second-order valence-electron chi connectivity index (χ2n) is 4.48. The van der Waals surface area contributed by atoms with Crippen LogP contribution in [0, 0.1) is 13.8 Å². The third kappa shape index (κ3) is 4.03. The number of nitrogens with zero attached hydrogens (tertiary/aromatic N) is 1. The van der Waals surface area contributed by atoms with E-state index in [-0.39, 0.29) is 11.4 Å². The molecule has 0 radical (unpaired) electrons. The summed E-state index contributed by atoms with van der Waals surface area (Å²) < 4.78 is 32.2. The maximum atomic E-state index is 12.2. The van der Waals surface area contributed by atoms with Gasteiger partial charge in [-0.3, -0.25) is 0 Å². The summed E-state index contributed by atoms with van der Waals surface area (Å²) in [6.45, 7) is 6.51. The molecule has 7 heteroatoms. The maximum Gasteiger partial charge on any atom is 0.240 e. The fraction of sp³-hybridized carbons (Fsp3) is 0.357.